The van der Waals surface area contributed by atoms with Gasteiger partial charge in [-0.1, -0.05) is 62.4 Å². The van der Waals surface area contributed by atoms with Crippen molar-refractivity contribution < 1.29 is 37.8 Å². The number of methoxy groups -OCH3 is 2. The number of alkyl carbamates (subject to hydrolysis) is 2. The number of amides is 4. The predicted molar refractivity (Wildman–Crippen MR) is 212 cm³/mol. The Morgan fingerprint density at radius 1 is 0.879 bits per heavy atom. The van der Waals surface area contributed by atoms with Crippen molar-refractivity contribution in [2.45, 2.75) is 89.3 Å². The molecular weight excluding hydrogens is 748 g/mol. The van der Waals surface area contributed by atoms with Gasteiger partial charge in [-0.2, -0.15) is 0 Å². The lowest BCUT2D eigenvalue weighted by Gasteiger charge is -2.29. The fraction of sp³-hybridized carbons (Fsp3) is 0.476. The SMILES string of the molecule is COC(=O)N[C@H]1CCCCOCc2[nH]c(nc2-c2ccc(-c3ccc(-c4cnc([C@@H]5C[C@H](F)CN5C(=O)[C@@H](NC(=O)OC)C(C)C)[nH]4)cc3)cc2)[C@@H]2CCCN2C1=O. The molecule has 2 bridgehead atoms. The molecule has 3 aliphatic rings. The number of aromatic amines is 2. The van der Waals surface area contributed by atoms with Gasteiger partial charge in [0.15, 0.2) is 0 Å². The number of likely N-dealkylation sites (tertiary alicyclic amines) is 1. The van der Waals surface area contributed by atoms with Crippen LogP contribution in [-0.2, 0) is 30.4 Å². The van der Waals surface area contributed by atoms with Crippen molar-refractivity contribution in [3.8, 4) is 33.6 Å². The van der Waals surface area contributed by atoms with Crippen LogP contribution in [0, 0.1) is 5.92 Å². The maximum absolute atomic E-state index is 14.8. The summed E-state index contributed by atoms with van der Waals surface area (Å²) in [7, 11) is 2.52. The highest BCUT2D eigenvalue weighted by atomic mass is 19.1. The number of rotatable bonds is 8. The number of nitrogens with one attached hydrogen (secondary N) is 4. The number of fused-ring (bicyclic) bond motifs is 4. The fourth-order valence-electron chi connectivity index (χ4n) is 8.11. The molecule has 5 heterocycles. The molecule has 0 radical (unpaired) electrons. The Kier molecular flexibility index (Phi) is 12.4. The van der Waals surface area contributed by atoms with Gasteiger partial charge in [-0.05, 0) is 54.7 Å². The second kappa shape index (κ2) is 17.8. The molecule has 0 aliphatic carbocycles. The van der Waals surface area contributed by atoms with Crippen LogP contribution in [0.3, 0.4) is 0 Å². The number of alkyl halides is 1. The Balaban J connectivity index is 1.06. The molecule has 0 saturated carbocycles. The van der Waals surface area contributed by atoms with Crippen LogP contribution >= 0.6 is 0 Å². The highest BCUT2D eigenvalue weighted by molar-refractivity contribution is 5.87. The third kappa shape index (κ3) is 8.71. The number of hydrogen-bond acceptors (Lipinski definition) is 9. The number of hydrogen-bond donors (Lipinski definition) is 4. The lowest BCUT2D eigenvalue weighted by molar-refractivity contribution is -0.136. The molecule has 4 aromatic rings. The quantitative estimate of drug-likeness (QED) is 0.161. The first-order valence-corrected chi connectivity index (χ1v) is 19.9. The summed E-state index contributed by atoms with van der Waals surface area (Å²) < 4.78 is 30.4. The highest BCUT2D eigenvalue weighted by Gasteiger charge is 2.42. The average Bonchev–Trinajstić information content (AvgIpc) is 4.06. The first kappa shape index (κ1) is 40.4. The van der Waals surface area contributed by atoms with Crippen LogP contribution in [0.5, 0.6) is 0 Å². The van der Waals surface area contributed by atoms with E-state index >= 15 is 0 Å². The molecule has 2 aromatic carbocycles. The van der Waals surface area contributed by atoms with E-state index in [1.165, 1.54) is 19.1 Å². The number of halogens is 1. The second-order valence-corrected chi connectivity index (χ2v) is 15.4. The van der Waals surface area contributed by atoms with Crippen molar-refractivity contribution in [3.63, 3.8) is 0 Å². The van der Waals surface area contributed by atoms with Crippen LogP contribution in [-0.4, -0.2) is 106 Å². The van der Waals surface area contributed by atoms with Crippen molar-refractivity contribution in [2.75, 3.05) is 33.9 Å². The summed E-state index contributed by atoms with van der Waals surface area (Å²) in [5.41, 5.74) is 6.13. The second-order valence-electron chi connectivity index (χ2n) is 15.4. The molecule has 4 N–H and O–H groups in total. The summed E-state index contributed by atoms with van der Waals surface area (Å²) >= 11 is 0. The molecule has 5 atom stereocenters. The standard InChI is InChI=1S/C42H51FN8O7/c1-24(2)35(49-42(55)57-4)40(53)51-22-29(43)20-34(51)37-44-21-31(45-37)27-14-10-25(11-15-27)26-12-16-28(17-13-26)36-32-23-58-19-6-5-8-30(47-41(54)56-3)39(52)50-18-7-9-33(50)38(46-32)48-36/h10-17,21,24,29-30,33-35H,5-9,18-20,22-23H2,1-4H3,(H,44,45)(H,46,48)(H,47,54)(H,49,55)/t29-,30-,33-,34-,35-/m0/s1. The highest BCUT2D eigenvalue weighted by Crippen LogP contribution is 2.37. The molecule has 2 aromatic heterocycles. The number of ether oxygens (including phenoxy) is 3. The van der Waals surface area contributed by atoms with E-state index in [0.717, 1.165) is 58.6 Å². The number of H-pyrrole nitrogens is 2. The van der Waals surface area contributed by atoms with Crippen LogP contribution in [0.25, 0.3) is 33.6 Å². The van der Waals surface area contributed by atoms with E-state index in [1.807, 2.05) is 67.3 Å². The first-order valence-electron chi connectivity index (χ1n) is 19.9. The van der Waals surface area contributed by atoms with E-state index in [9.17, 15) is 23.6 Å². The van der Waals surface area contributed by atoms with Crippen LogP contribution in [0.4, 0.5) is 14.0 Å². The Bertz CT molecular complexity index is 2080. The van der Waals surface area contributed by atoms with Crippen molar-refractivity contribution in [1.29, 1.82) is 0 Å². The molecule has 16 heteroatoms. The third-order valence-corrected chi connectivity index (χ3v) is 11.2. The Labute approximate surface area is 336 Å². The van der Waals surface area contributed by atoms with Crippen molar-refractivity contribution in [3.05, 3.63) is 72.1 Å². The molecule has 2 saturated heterocycles. The summed E-state index contributed by atoms with van der Waals surface area (Å²) in [5.74, 6) is 0.415. The summed E-state index contributed by atoms with van der Waals surface area (Å²) in [5, 5.41) is 5.32. The maximum Gasteiger partial charge on any atom is 0.407 e. The van der Waals surface area contributed by atoms with E-state index < -0.39 is 36.5 Å². The zero-order valence-electron chi connectivity index (χ0n) is 33.3. The largest absolute Gasteiger partial charge is 0.453 e. The van der Waals surface area contributed by atoms with Gasteiger partial charge in [-0.25, -0.2) is 23.9 Å². The number of carbonyl (C=O) groups is 4. The first-order chi connectivity index (χ1) is 28.0. The maximum atomic E-state index is 14.8. The van der Waals surface area contributed by atoms with Gasteiger partial charge < -0.3 is 44.6 Å². The lowest BCUT2D eigenvalue weighted by Crippen LogP contribution is -2.51. The number of benzene rings is 2. The predicted octanol–water partition coefficient (Wildman–Crippen LogP) is 6.21. The molecule has 308 valence electrons. The van der Waals surface area contributed by atoms with Gasteiger partial charge in [0.1, 0.15) is 29.9 Å². The van der Waals surface area contributed by atoms with E-state index in [4.69, 9.17) is 19.2 Å². The smallest absolute Gasteiger partial charge is 0.407 e. The minimum Gasteiger partial charge on any atom is -0.453 e. The van der Waals surface area contributed by atoms with Gasteiger partial charge in [0.2, 0.25) is 11.8 Å². The van der Waals surface area contributed by atoms with Gasteiger partial charge in [0.05, 0.1) is 62.7 Å². The van der Waals surface area contributed by atoms with Gasteiger partial charge in [0, 0.05) is 25.1 Å². The number of nitrogens with zero attached hydrogens (tertiary/aromatic N) is 4. The normalized spacial score (nSPS) is 21.7. The van der Waals surface area contributed by atoms with Gasteiger partial charge in [-0.15, -0.1) is 0 Å². The molecule has 2 fully saturated rings. The fourth-order valence-corrected chi connectivity index (χ4v) is 8.11. The topological polar surface area (TPSA) is 184 Å². The van der Waals surface area contributed by atoms with Gasteiger partial charge in [-0.3, -0.25) is 9.59 Å². The van der Waals surface area contributed by atoms with Crippen LogP contribution in [0.2, 0.25) is 0 Å². The molecule has 3 aliphatic heterocycles. The molecular formula is C42H51FN8O7. The zero-order valence-corrected chi connectivity index (χ0v) is 33.3. The van der Waals surface area contributed by atoms with Crippen molar-refractivity contribution >= 4 is 24.0 Å². The Morgan fingerprint density at radius 3 is 2.26 bits per heavy atom. The van der Waals surface area contributed by atoms with Crippen LogP contribution < -0.4 is 10.6 Å². The number of imidazole rings is 2. The van der Waals surface area contributed by atoms with E-state index in [-0.39, 0.29) is 36.7 Å². The van der Waals surface area contributed by atoms with Crippen molar-refractivity contribution in [2.24, 2.45) is 5.92 Å². The number of carbonyl (C=O) groups excluding carboxylic acids is 4. The van der Waals surface area contributed by atoms with E-state index in [1.54, 1.807) is 6.20 Å². The lowest BCUT2D eigenvalue weighted by atomic mass is 10.0. The molecule has 58 heavy (non-hydrogen) atoms. The summed E-state index contributed by atoms with van der Waals surface area (Å²) in [6.45, 7) is 4.96. The van der Waals surface area contributed by atoms with E-state index in [2.05, 4.69) is 25.6 Å². The van der Waals surface area contributed by atoms with Gasteiger partial charge >= 0.3 is 12.2 Å². The average molecular weight is 799 g/mol. The number of aromatic nitrogens is 4. The molecule has 7 rings (SSSR count). The Hall–Kier alpha value is -5.77. The minimum absolute atomic E-state index is 0.0896. The molecule has 0 unspecified atom stereocenters. The summed E-state index contributed by atoms with van der Waals surface area (Å²) in [6.07, 6.45) is 2.73. The van der Waals surface area contributed by atoms with Crippen LogP contribution in [0.15, 0.2) is 54.7 Å². The van der Waals surface area contributed by atoms with Crippen LogP contribution in [0.1, 0.15) is 81.8 Å². The third-order valence-electron chi connectivity index (χ3n) is 11.2. The summed E-state index contributed by atoms with van der Waals surface area (Å²) in [4.78, 5) is 71.0. The molecule has 15 nitrogen and oxygen atoms in total. The summed E-state index contributed by atoms with van der Waals surface area (Å²) in [6, 6.07) is 13.7. The molecule has 0 spiro atoms. The van der Waals surface area contributed by atoms with E-state index in [0.29, 0.717) is 44.2 Å². The van der Waals surface area contributed by atoms with Gasteiger partial charge in [0.25, 0.3) is 0 Å². The Morgan fingerprint density at radius 2 is 1.57 bits per heavy atom. The molecule has 4 amide bonds. The minimum atomic E-state index is -1.22. The zero-order chi connectivity index (χ0) is 40.9. The monoisotopic (exact) mass is 798 g/mol. The van der Waals surface area contributed by atoms with Crippen molar-refractivity contribution in [1.82, 2.24) is 40.4 Å².